The summed E-state index contributed by atoms with van der Waals surface area (Å²) in [5.41, 5.74) is 2.07. The highest BCUT2D eigenvalue weighted by atomic mass is 35.5. The molecule has 1 aromatic carbocycles. The summed E-state index contributed by atoms with van der Waals surface area (Å²) >= 11 is 6.17. The summed E-state index contributed by atoms with van der Waals surface area (Å²) in [6.45, 7) is 0.901. The molecule has 168 valence electrons. The second-order valence-electron chi connectivity index (χ2n) is 7.70. The first kappa shape index (κ1) is 21.9. The van der Waals surface area contributed by atoms with Gasteiger partial charge >= 0.3 is 0 Å². The van der Waals surface area contributed by atoms with Crippen molar-refractivity contribution in [2.24, 2.45) is 0 Å². The Morgan fingerprint density at radius 2 is 2.06 bits per heavy atom. The van der Waals surface area contributed by atoms with Crippen LogP contribution in [0, 0.1) is 0 Å². The maximum atomic E-state index is 13.5. The molecule has 0 bridgehead atoms. The number of nitrogens with one attached hydrogen (secondary N) is 1. The molecule has 0 aliphatic carbocycles. The van der Waals surface area contributed by atoms with Gasteiger partial charge in [-0.3, -0.25) is 14.3 Å². The summed E-state index contributed by atoms with van der Waals surface area (Å²) in [5.74, 6) is -0.292. The van der Waals surface area contributed by atoms with Gasteiger partial charge < -0.3 is 9.80 Å². The number of carbonyl (C=O) groups excluding carboxylic acids is 1. The van der Waals surface area contributed by atoms with Crippen molar-refractivity contribution in [3.63, 3.8) is 0 Å². The molecule has 1 N–H and O–H groups in total. The summed E-state index contributed by atoms with van der Waals surface area (Å²) < 4.78 is 28.6. The molecule has 0 fully saturated rings. The number of carbonyl (C=O) groups is 1. The summed E-state index contributed by atoms with van der Waals surface area (Å²) in [4.78, 5) is 28.0. The van der Waals surface area contributed by atoms with Crippen LogP contribution in [0.5, 0.6) is 0 Å². The molecular formula is C21H21ClF2N6O2. The first-order chi connectivity index (χ1) is 15.3. The molecule has 0 radical (unpaired) electrons. The lowest BCUT2D eigenvalue weighted by Gasteiger charge is -2.30. The molecule has 4 rings (SSSR count). The number of benzene rings is 1. The van der Waals surface area contributed by atoms with Crippen molar-refractivity contribution in [2.75, 3.05) is 25.5 Å². The highest BCUT2D eigenvalue weighted by Crippen LogP contribution is 2.31. The Hall–Kier alpha value is -3.27. The topological polar surface area (TPSA) is 87.1 Å². The fraction of sp³-hybridized carbons (Fsp3) is 0.333. The Labute approximate surface area is 187 Å². The van der Waals surface area contributed by atoms with Crippen LogP contribution in [0.1, 0.15) is 39.3 Å². The fourth-order valence-corrected chi connectivity index (χ4v) is 4.07. The van der Waals surface area contributed by atoms with Gasteiger partial charge in [-0.25, -0.2) is 13.9 Å². The van der Waals surface area contributed by atoms with E-state index in [1.54, 1.807) is 37.0 Å². The van der Waals surface area contributed by atoms with Gasteiger partial charge in [0.2, 0.25) is 0 Å². The highest BCUT2D eigenvalue weighted by Gasteiger charge is 2.30. The SMILES string of the molecule is CN(C)C(=O)c1nn(Cc2ccccc2C(F)F)c2c1CN(c1cn[nH]c(=O)c1Cl)CC2. The molecule has 0 spiro atoms. The lowest BCUT2D eigenvalue weighted by atomic mass is 10.0. The van der Waals surface area contributed by atoms with Crippen LogP contribution in [-0.4, -0.2) is 51.4 Å². The van der Waals surface area contributed by atoms with Crippen LogP contribution in [0.2, 0.25) is 5.02 Å². The number of halogens is 3. The van der Waals surface area contributed by atoms with Crippen LogP contribution in [0.3, 0.4) is 0 Å². The molecule has 0 unspecified atom stereocenters. The molecule has 1 aliphatic heterocycles. The van der Waals surface area contributed by atoms with Crippen molar-refractivity contribution >= 4 is 23.2 Å². The predicted molar refractivity (Wildman–Crippen MR) is 115 cm³/mol. The van der Waals surface area contributed by atoms with Crippen molar-refractivity contribution in [3.05, 3.63) is 73.9 Å². The normalized spacial score (nSPS) is 13.4. The minimum absolute atomic E-state index is 0.0159. The number of amides is 1. The first-order valence-electron chi connectivity index (χ1n) is 9.92. The molecule has 0 saturated carbocycles. The lowest BCUT2D eigenvalue weighted by molar-refractivity contribution is 0.0820. The van der Waals surface area contributed by atoms with Gasteiger partial charge in [-0.2, -0.15) is 10.2 Å². The average molecular weight is 463 g/mol. The second-order valence-corrected chi connectivity index (χ2v) is 8.08. The molecule has 3 heterocycles. The van der Waals surface area contributed by atoms with Crippen molar-refractivity contribution in [1.82, 2.24) is 24.9 Å². The first-order valence-corrected chi connectivity index (χ1v) is 10.3. The Morgan fingerprint density at radius 3 is 2.78 bits per heavy atom. The lowest BCUT2D eigenvalue weighted by Crippen LogP contribution is -2.33. The van der Waals surface area contributed by atoms with Crippen LogP contribution >= 0.6 is 11.6 Å². The molecule has 32 heavy (non-hydrogen) atoms. The zero-order chi connectivity index (χ0) is 23.0. The average Bonchev–Trinajstić information content (AvgIpc) is 3.12. The van der Waals surface area contributed by atoms with E-state index in [2.05, 4.69) is 15.3 Å². The molecule has 1 amide bonds. The van der Waals surface area contributed by atoms with E-state index in [1.165, 1.54) is 17.2 Å². The Kier molecular flexibility index (Phi) is 5.96. The minimum Gasteiger partial charge on any atom is -0.364 e. The number of aromatic amines is 1. The summed E-state index contributed by atoms with van der Waals surface area (Å²) in [6, 6.07) is 6.31. The van der Waals surface area contributed by atoms with E-state index in [1.807, 2.05) is 4.90 Å². The third-order valence-electron chi connectivity index (χ3n) is 5.47. The number of rotatable bonds is 5. The van der Waals surface area contributed by atoms with Crippen LogP contribution in [0.25, 0.3) is 0 Å². The number of hydrogen-bond donors (Lipinski definition) is 1. The second kappa shape index (κ2) is 8.70. The van der Waals surface area contributed by atoms with E-state index in [9.17, 15) is 18.4 Å². The van der Waals surface area contributed by atoms with Gasteiger partial charge in [0.25, 0.3) is 17.9 Å². The molecule has 11 heteroatoms. The van der Waals surface area contributed by atoms with Gasteiger partial charge in [0.05, 0.1) is 18.4 Å². The number of anilines is 1. The van der Waals surface area contributed by atoms with Crippen molar-refractivity contribution < 1.29 is 13.6 Å². The van der Waals surface area contributed by atoms with Crippen LogP contribution < -0.4 is 10.5 Å². The zero-order valence-electron chi connectivity index (χ0n) is 17.5. The molecule has 1 aliphatic rings. The molecule has 0 saturated heterocycles. The summed E-state index contributed by atoms with van der Waals surface area (Å²) in [6.07, 6.45) is -0.657. The largest absolute Gasteiger partial charge is 0.364 e. The number of alkyl halides is 2. The van der Waals surface area contributed by atoms with Crippen LogP contribution in [0.4, 0.5) is 14.5 Å². The van der Waals surface area contributed by atoms with Crippen molar-refractivity contribution in [1.29, 1.82) is 0 Å². The van der Waals surface area contributed by atoms with E-state index in [0.29, 0.717) is 29.8 Å². The number of H-pyrrole nitrogens is 1. The molecule has 8 nitrogen and oxygen atoms in total. The quantitative estimate of drug-likeness (QED) is 0.630. The number of nitrogens with zero attached hydrogens (tertiary/aromatic N) is 5. The van der Waals surface area contributed by atoms with Crippen LogP contribution in [0.15, 0.2) is 35.3 Å². The Morgan fingerprint density at radius 1 is 1.31 bits per heavy atom. The predicted octanol–water partition coefficient (Wildman–Crippen LogP) is 2.87. The van der Waals surface area contributed by atoms with Gasteiger partial charge in [-0.1, -0.05) is 35.9 Å². The zero-order valence-corrected chi connectivity index (χ0v) is 18.2. The van der Waals surface area contributed by atoms with Crippen molar-refractivity contribution in [2.45, 2.75) is 25.9 Å². The van der Waals surface area contributed by atoms with Gasteiger partial charge in [-0.05, 0) is 5.56 Å². The third-order valence-corrected chi connectivity index (χ3v) is 5.84. The Bertz CT molecular complexity index is 1220. The molecule has 3 aromatic rings. The smallest absolute Gasteiger partial charge is 0.285 e. The van der Waals surface area contributed by atoms with E-state index >= 15 is 0 Å². The standard InChI is InChI=1S/C21H21ClF2N6O2/c1-28(2)21(32)18-14-11-29(16-9-25-26-20(31)17(16)22)8-7-15(14)30(27-18)10-12-5-3-4-6-13(12)19(23)24/h3-6,9,19H,7-8,10-11H2,1-2H3,(H,26,31). The monoisotopic (exact) mass is 462 g/mol. The van der Waals surface area contributed by atoms with Gasteiger partial charge in [0.1, 0.15) is 5.02 Å². The number of hydrogen-bond acceptors (Lipinski definition) is 5. The maximum Gasteiger partial charge on any atom is 0.285 e. The maximum absolute atomic E-state index is 13.5. The summed E-state index contributed by atoms with van der Waals surface area (Å²) in [7, 11) is 3.25. The van der Waals surface area contributed by atoms with E-state index < -0.39 is 12.0 Å². The van der Waals surface area contributed by atoms with Gasteiger partial charge in [0.15, 0.2) is 5.69 Å². The fourth-order valence-electron chi connectivity index (χ4n) is 3.86. The molecule has 2 aromatic heterocycles. The highest BCUT2D eigenvalue weighted by molar-refractivity contribution is 6.33. The summed E-state index contributed by atoms with van der Waals surface area (Å²) in [5, 5.41) is 10.6. The van der Waals surface area contributed by atoms with E-state index in [-0.39, 0.29) is 35.3 Å². The van der Waals surface area contributed by atoms with Crippen LogP contribution in [-0.2, 0) is 19.5 Å². The van der Waals surface area contributed by atoms with E-state index in [4.69, 9.17) is 11.6 Å². The van der Waals surface area contributed by atoms with Gasteiger partial charge in [-0.15, -0.1) is 0 Å². The molecular weight excluding hydrogens is 442 g/mol. The number of fused-ring (bicyclic) bond motifs is 1. The van der Waals surface area contributed by atoms with Gasteiger partial charge in [0, 0.05) is 50.4 Å². The minimum atomic E-state index is -2.61. The van der Waals surface area contributed by atoms with Crippen molar-refractivity contribution in [3.8, 4) is 0 Å². The Balaban J connectivity index is 1.76. The molecule has 0 atom stereocenters. The van der Waals surface area contributed by atoms with E-state index in [0.717, 1.165) is 5.69 Å². The number of aromatic nitrogens is 4. The third kappa shape index (κ3) is 3.97.